The first-order valence-electron chi connectivity index (χ1n) is 9.49. The Morgan fingerprint density at radius 3 is 2.41 bits per heavy atom. The summed E-state index contributed by atoms with van der Waals surface area (Å²) in [7, 11) is 0. The van der Waals surface area contributed by atoms with Crippen LogP contribution in [0.2, 0.25) is 0 Å². The van der Waals surface area contributed by atoms with Gasteiger partial charge in [0.15, 0.2) is 0 Å². The van der Waals surface area contributed by atoms with Crippen molar-refractivity contribution in [1.29, 1.82) is 0 Å². The average molecular weight is 396 g/mol. The Morgan fingerprint density at radius 1 is 1.10 bits per heavy atom. The SMILES string of the molecule is CC(C)Oc1ccc(NC(=O)c2cc(C(=O)N3CCN(C=O)CC3)ccn2)cc1. The van der Waals surface area contributed by atoms with Crippen LogP contribution in [0.4, 0.5) is 5.69 Å². The average Bonchev–Trinajstić information content (AvgIpc) is 2.74. The number of benzene rings is 1. The van der Waals surface area contributed by atoms with E-state index in [0.717, 1.165) is 12.2 Å². The molecule has 1 aliphatic rings. The molecule has 8 nitrogen and oxygen atoms in total. The highest BCUT2D eigenvalue weighted by molar-refractivity contribution is 6.04. The highest BCUT2D eigenvalue weighted by atomic mass is 16.5. The van der Waals surface area contributed by atoms with E-state index in [1.165, 1.54) is 12.3 Å². The molecule has 29 heavy (non-hydrogen) atoms. The van der Waals surface area contributed by atoms with Crippen LogP contribution in [-0.4, -0.2) is 65.3 Å². The fourth-order valence-electron chi connectivity index (χ4n) is 2.98. The van der Waals surface area contributed by atoms with Gasteiger partial charge in [-0.05, 0) is 50.2 Å². The molecule has 1 aromatic carbocycles. The second-order valence-corrected chi connectivity index (χ2v) is 7.01. The van der Waals surface area contributed by atoms with Gasteiger partial charge in [-0.1, -0.05) is 0 Å². The molecular formula is C21H24N4O4. The number of hydrogen-bond acceptors (Lipinski definition) is 5. The van der Waals surface area contributed by atoms with Crippen molar-refractivity contribution in [3.8, 4) is 5.75 Å². The van der Waals surface area contributed by atoms with Crippen molar-refractivity contribution in [2.75, 3.05) is 31.5 Å². The first-order valence-corrected chi connectivity index (χ1v) is 9.49. The van der Waals surface area contributed by atoms with E-state index in [9.17, 15) is 14.4 Å². The number of anilines is 1. The number of pyridine rings is 1. The molecule has 1 aromatic heterocycles. The first-order chi connectivity index (χ1) is 14.0. The summed E-state index contributed by atoms with van der Waals surface area (Å²) in [5.41, 5.74) is 1.16. The standard InChI is InChI=1S/C21H24N4O4/c1-15(2)29-18-5-3-17(4-6-18)23-20(27)19-13-16(7-8-22-19)21(28)25-11-9-24(14-26)10-12-25/h3-8,13-15H,9-12H2,1-2H3,(H,23,27). The van der Waals surface area contributed by atoms with Crippen molar-refractivity contribution in [1.82, 2.24) is 14.8 Å². The van der Waals surface area contributed by atoms with E-state index in [-0.39, 0.29) is 17.7 Å². The third-order valence-electron chi connectivity index (χ3n) is 4.47. The van der Waals surface area contributed by atoms with Crippen molar-refractivity contribution >= 4 is 23.9 Å². The zero-order valence-corrected chi connectivity index (χ0v) is 16.5. The van der Waals surface area contributed by atoms with Gasteiger partial charge in [-0.15, -0.1) is 0 Å². The minimum atomic E-state index is -0.400. The number of carbonyl (C=O) groups excluding carboxylic acids is 3. The van der Waals surface area contributed by atoms with Crippen LogP contribution in [0.1, 0.15) is 34.7 Å². The monoisotopic (exact) mass is 396 g/mol. The Hall–Kier alpha value is -3.42. The van der Waals surface area contributed by atoms with Gasteiger partial charge >= 0.3 is 0 Å². The third kappa shape index (κ3) is 5.31. The minimum absolute atomic E-state index is 0.0707. The summed E-state index contributed by atoms with van der Waals surface area (Å²) < 4.78 is 5.58. The summed E-state index contributed by atoms with van der Waals surface area (Å²) in [6.07, 6.45) is 2.31. The predicted molar refractivity (Wildman–Crippen MR) is 108 cm³/mol. The van der Waals surface area contributed by atoms with Crippen LogP contribution < -0.4 is 10.1 Å². The number of carbonyl (C=O) groups is 3. The lowest BCUT2D eigenvalue weighted by atomic mass is 10.1. The number of nitrogens with zero attached hydrogens (tertiary/aromatic N) is 3. The van der Waals surface area contributed by atoms with Crippen molar-refractivity contribution < 1.29 is 19.1 Å². The molecule has 0 spiro atoms. The smallest absolute Gasteiger partial charge is 0.274 e. The van der Waals surface area contributed by atoms with Gasteiger partial charge in [-0.3, -0.25) is 19.4 Å². The Balaban J connectivity index is 1.64. The summed E-state index contributed by atoms with van der Waals surface area (Å²) in [4.78, 5) is 43.4. The lowest BCUT2D eigenvalue weighted by Gasteiger charge is -2.32. The molecule has 0 bridgehead atoms. The van der Waals surface area contributed by atoms with Gasteiger partial charge in [-0.2, -0.15) is 0 Å². The van der Waals surface area contributed by atoms with Crippen molar-refractivity contribution in [3.05, 3.63) is 53.9 Å². The van der Waals surface area contributed by atoms with E-state index in [1.807, 2.05) is 13.8 Å². The number of nitrogens with one attached hydrogen (secondary N) is 1. The maximum absolute atomic E-state index is 12.7. The molecule has 0 saturated carbocycles. The normalized spacial score (nSPS) is 13.9. The van der Waals surface area contributed by atoms with Crippen LogP contribution in [-0.2, 0) is 4.79 Å². The van der Waals surface area contributed by atoms with Gasteiger partial charge in [0.05, 0.1) is 6.10 Å². The van der Waals surface area contributed by atoms with E-state index in [2.05, 4.69) is 10.3 Å². The van der Waals surface area contributed by atoms with Crippen LogP contribution >= 0.6 is 0 Å². The third-order valence-corrected chi connectivity index (χ3v) is 4.47. The Morgan fingerprint density at radius 2 is 1.79 bits per heavy atom. The van der Waals surface area contributed by atoms with Crippen LogP contribution in [0.25, 0.3) is 0 Å². The lowest BCUT2D eigenvalue weighted by molar-refractivity contribution is -0.119. The molecule has 0 aliphatic carbocycles. The van der Waals surface area contributed by atoms with E-state index in [4.69, 9.17) is 4.74 Å². The zero-order valence-electron chi connectivity index (χ0n) is 16.5. The summed E-state index contributed by atoms with van der Waals surface area (Å²) in [5.74, 6) is 0.142. The summed E-state index contributed by atoms with van der Waals surface area (Å²) in [6, 6.07) is 10.1. The molecule has 0 unspecified atom stereocenters. The Labute approximate surface area is 169 Å². The van der Waals surface area contributed by atoms with Crippen LogP contribution in [0.5, 0.6) is 5.75 Å². The van der Waals surface area contributed by atoms with E-state index in [0.29, 0.717) is 37.4 Å². The fourth-order valence-corrected chi connectivity index (χ4v) is 2.98. The lowest BCUT2D eigenvalue weighted by Crippen LogP contribution is -2.48. The Bertz CT molecular complexity index is 875. The molecule has 0 radical (unpaired) electrons. The first kappa shape index (κ1) is 20.3. The molecular weight excluding hydrogens is 372 g/mol. The van der Waals surface area contributed by atoms with E-state index in [1.54, 1.807) is 40.1 Å². The summed E-state index contributed by atoms with van der Waals surface area (Å²) in [5, 5.41) is 2.77. The fraction of sp³-hybridized carbons (Fsp3) is 0.333. The maximum atomic E-state index is 12.7. The van der Waals surface area contributed by atoms with Gasteiger partial charge in [0.1, 0.15) is 11.4 Å². The van der Waals surface area contributed by atoms with E-state index < -0.39 is 5.91 Å². The number of rotatable bonds is 6. The molecule has 1 fully saturated rings. The summed E-state index contributed by atoms with van der Waals surface area (Å²) >= 11 is 0. The quantitative estimate of drug-likeness (QED) is 0.755. The second kappa shape index (κ2) is 9.18. The molecule has 1 N–H and O–H groups in total. The summed E-state index contributed by atoms with van der Waals surface area (Å²) in [6.45, 7) is 5.82. The number of piperazine rings is 1. The second-order valence-electron chi connectivity index (χ2n) is 7.01. The van der Waals surface area contributed by atoms with Crippen LogP contribution in [0, 0.1) is 0 Å². The number of hydrogen-bond donors (Lipinski definition) is 1. The van der Waals surface area contributed by atoms with Gasteiger partial charge in [-0.25, -0.2) is 0 Å². The maximum Gasteiger partial charge on any atom is 0.274 e. The van der Waals surface area contributed by atoms with Gasteiger partial charge in [0, 0.05) is 43.6 Å². The number of aromatic nitrogens is 1. The molecule has 0 atom stereocenters. The predicted octanol–water partition coefficient (Wildman–Crippen LogP) is 2.04. The molecule has 1 aliphatic heterocycles. The molecule has 2 aromatic rings. The van der Waals surface area contributed by atoms with Crippen LogP contribution in [0.3, 0.4) is 0 Å². The van der Waals surface area contributed by atoms with Gasteiger partial charge < -0.3 is 19.9 Å². The van der Waals surface area contributed by atoms with E-state index >= 15 is 0 Å². The molecule has 3 rings (SSSR count). The molecule has 1 saturated heterocycles. The topological polar surface area (TPSA) is 91.8 Å². The largest absolute Gasteiger partial charge is 0.491 e. The molecule has 3 amide bonds. The van der Waals surface area contributed by atoms with Gasteiger partial charge in [0.25, 0.3) is 11.8 Å². The van der Waals surface area contributed by atoms with Gasteiger partial charge in [0.2, 0.25) is 6.41 Å². The zero-order chi connectivity index (χ0) is 20.8. The number of amides is 3. The Kier molecular flexibility index (Phi) is 6.43. The highest BCUT2D eigenvalue weighted by Gasteiger charge is 2.22. The van der Waals surface area contributed by atoms with Crippen LogP contribution in [0.15, 0.2) is 42.6 Å². The molecule has 2 heterocycles. The molecule has 152 valence electrons. The van der Waals surface area contributed by atoms with Crippen molar-refractivity contribution in [3.63, 3.8) is 0 Å². The number of ether oxygens (including phenoxy) is 1. The molecule has 8 heteroatoms. The minimum Gasteiger partial charge on any atom is -0.491 e. The highest BCUT2D eigenvalue weighted by Crippen LogP contribution is 2.18. The van der Waals surface area contributed by atoms with Crippen molar-refractivity contribution in [2.24, 2.45) is 0 Å². The van der Waals surface area contributed by atoms with Crippen molar-refractivity contribution in [2.45, 2.75) is 20.0 Å².